The van der Waals surface area contributed by atoms with Crippen LogP contribution < -0.4 is 10.5 Å². The van der Waals surface area contributed by atoms with Crippen molar-refractivity contribution in [3.63, 3.8) is 0 Å². The van der Waals surface area contributed by atoms with Crippen LogP contribution in [0.2, 0.25) is 5.02 Å². The quantitative estimate of drug-likeness (QED) is 0.921. The zero-order valence-corrected chi connectivity index (χ0v) is 11.4. The fraction of sp³-hybridized carbons (Fsp3) is 0.250. The molecule has 3 rings (SSSR count). The average Bonchev–Trinajstić information content (AvgIpc) is 2.79. The first-order valence-corrected chi connectivity index (χ1v) is 6.86. The van der Waals surface area contributed by atoms with Gasteiger partial charge in [0.15, 0.2) is 0 Å². The highest BCUT2D eigenvalue weighted by Gasteiger charge is 2.18. The molecule has 0 amide bonds. The Morgan fingerprint density at radius 1 is 1.16 bits per heavy atom. The van der Waals surface area contributed by atoms with Crippen molar-refractivity contribution in [2.24, 2.45) is 5.73 Å². The topological polar surface area (TPSA) is 35.2 Å². The molecule has 0 spiro atoms. The minimum atomic E-state index is 0.195. The van der Waals surface area contributed by atoms with E-state index in [4.69, 9.17) is 22.1 Å². The minimum absolute atomic E-state index is 0.195. The Morgan fingerprint density at radius 2 is 1.95 bits per heavy atom. The van der Waals surface area contributed by atoms with E-state index in [0.717, 1.165) is 29.2 Å². The number of nitrogens with two attached hydrogens (primary N) is 1. The van der Waals surface area contributed by atoms with Crippen molar-refractivity contribution in [2.45, 2.75) is 25.5 Å². The number of aryl methyl sites for hydroxylation is 1. The molecule has 2 aromatic carbocycles. The summed E-state index contributed by atoms with van der Waals surface area (Å²) < 4.78 is 5.81. The van der Waals surface area contributed by atoms with Gasteiger partial charge in [0.05, 0.1) is 0 Å². The second-order valence-electron chi connectivity index (χ2n) is 4.92. The second-order valence-corrected chi connectivity index (χ2v) is 5.36. The number of hydrogen-bond acceptors (Lipinski definition) is 2. The molecular formula is C16H16ClNO. The van der Waals surface area contributed by atoms with E-state index in [1.165, 1.54) is 11.1 Å². The fourth-order valence-electron chi connectivity index (χ4n) is 2.46. The molecule has 19 heavy (non-hydrogen) atoms. The molecule has 1 aliphatic carbocycles. The Balaban J connectivity index is 1.69. The van der Waals surface area contributed by atoms with E-state index < -0.39 is 0 Å². The van der Waals surface area contributed by atoms with Crippen LogP contribution in [0, 0.1) is 0 Å². The van der Waals surface area contributed by atoms with Crippen LogP contribution in [0.1, 0.15) is 29.2 Å². The monoisotopic (exact) mass is 273 g/mol. The predicted molar refractivity (Wildman–Crippen MR) is 77.5 cm³/mol. The van der Waals surface area contributed by atoms with Gasteiger partial charge in [-0.15, -0.1) is 0 Å². The Kier molecular flexibility index (Phi) is 3.45. The number of hydrogen-bond donors (Lipinski definition) is 1. The number of rotatable bonds is 3. The van der Waals surface area contributed by atoms with Crippen molar-refractivity contribution < 1.29 is 4.74 Å². The summed E-state index contributed by atoms with van der Waals surface area (Å²) in [5.74, 6) is 0.905. The Labute approximate surface area is 118 Å². The smallest absolute Gasteiger partial charge is 0.120 e. The third-order valence-electron chi connectivity index (χ3n) is 3.56. The number of fused-ring (bicyclic) bond motifs is 1. The fourth-order valence-corrected chi connectivity index (χ4v) is 2.59. The largest absolute Gasteiger partial charge is 0.489 e. The summed E-state index contributed by atoms with van der Waals surface area (Å²) in [6.45, 7) is 0.558. The lowest BCUT2D eigenvalue weighted by atomic mass is 10.1. The van der Waals surface area contributed by atoms with Gasteiger partial charge in [-0.3, -0.25) is 0 Å². The molecule has 0 unspecified atom stereocenters. The van der Waals surface area contributed by atoms with E-state index in [1.54, 1.807) is 0 Å². The maximum Gasteiger partial charge on any atom is 0.120 e. The highest BCUT2D eigenvalue weighted by molar-refractivity contribution is 6.30. The molecule has 0 aromatic heterocycles. The lowest BCUT2D eigenvalue weighted by Gasteiger charge is -2.09. The van der Waals surface area contributed by atoms with E-state index in [9.17, 15) is 0 Å². The van der Waals surface area contributed by atoms with Gasteiger partial charge in [0, 0.05) is 11.1 Å². The molecule has 0 heterocycles. The number of benzene rings is 2. The molecule has 2 nitrogen and oxygen atoms in total. The highest BCUT2D eigenvalue weighted by Crippen LogP contribution is 2.32. The van der Waals surface area contributed by atoms with Gasteiger partial charge in [-0.25, -0.2) is 0 Å². The Morgan fingerprint density at radius 3 is 2.74 bits per heavy atom. The first kappa shape index (κ1) is 12.5. The van der Waals surface area contributed by atoms with Gasteiger partial charge < -0.3 is 10.5 Å². The predicted octanol–water partition coefficient (Wildman–Crippen LogP) is 3.87. The van der Waals surface area contributed by atoms with Gasteiger partial charge in [0.25, 0.3) is 0 Å². The lowest BCUT2D eigenvalue weighted by molar-refractivity contribution is 0.306. The summed E-state index contributed by atoms with van der Waals surface area (Å²) in [7, 11) is 0. The van der Waals surface area contributed by atoms with Crippen LogP contribution in [-0.4, -0.2) is 0 Å². The van der Waals surface area contributed by atoms with Gasteiger partial charge in [-0.2, -0.15) is 0 Å². The van der Waals surface area contributed by atoms with Crippen LogP contribution in [0.25, 0.3) is 0 Å². The van der Waals surface area contributed by atoms with Crippen LogP contribution in [0.5, 0.6) is 5.75 Å². The van der Waals surface area contributed by atoms with Crippen LogP contribution in [0.15, 0.2) is 42.5 Å². The molecule has 0 saturated heterocycles. The molecule has 1 aliphatic rings. The third kappa shape index (κ3) is 2.75. The molecule has 3 heteroatoms. The van der Waals surface area contributed by atoms with Crippen molar-refractivity contribution in [1.82, 2.24) is 0 Å². The highest BCUT2D eigenvalue weighted by atomic mass is 35.5. The molecule has 1 atom stereocenters. The zero-order valence-electron chi connectivity index (χ0n) is 10.6. The van der Waals surface area contributed by atoms with E-state index in [-0.39, 0.29) is 6.04 Å². The maximum atomic E-state index is 6.02. The first-order chi connectivity index (χ1) is 9.22. The molecule has 2 N–H and O–H groups in total. The van der Waals surface area contributed by atoms with Gasteiger partial charge >= 0.3 is 0 Å². The molecule has 0 bridgehead atoms. The second kappa shape index (κ2) is 5.24. The van der Waals surface area contributed by atoms with E-state index in [2.05, 4.69) is 12.1 Å². The summed E-state index contributed by atoms with van der Waals surface area (Å²) in [6.07, 6.45) is 2.09. The summed E-state index contributed by atoms with van der Waals surface area (Å²) in [4.78, 5) is 0. The molecule has 0 radical (unpaired) electrons. The van der Waals surface area contributed by atoms with Crippen molar-refractivity contribution in [3.05, 3.63) is 64.2 Å². The zero-order chi connectivity index (χ0) is 13.2. The third-order valence-corrected chi connectivity index (χ3v) is 3.81. The molecular weight excluding hydrogens is 258 g/mol. The summed E-state index contributed by atoms with van der Waals surface area (Å²) >= 11 is 5.85. The van der Waals surface area contributed by atoms with Crippen LogP contribution >= 0.6 is 11.6 Å². The van der Waals surface area contributed by atoms with Crippen LogP contribution in [0.3, 0.4) is 0 Å². The van der Waals surface area contributed by atoms with Crippen LogP contribution in [0.4, 0.5) is 0 Å². The number of ether oxygens (including phenoxy) is 1. The van der Waals surface area contributed by atoms with E-state index in [1.807, 2.05) is 30.3 Å². The van der Waals surface area contributed by atoms with Crippen molar-refractivity contribution in [3.8, 4) is 5.75 Å². The molecule has 0 fully saturated rings. The van der Waals surface area contributed by atoms with Crippen molar-refractivity contribution in [2.75, 3.05) is 0 Å². The summed E-state index contributed by atoms with van der Waals surface area (Å²) in [5.41, 5.74) is 9.72. The van der Waals surface area contributed by atoms with Gasteiger partial charge in [-0.05, 0) is 53.8 Å². The lowest BCUT2D eigenvalue weighted by Crippen LogP contribution is -2.05. The molecule has 2 aromatic rings. The summed E-state index contributed by atoms with van der Waals surface area (Å²) in [6, 6.07) is 14.1. The normalized spacial score (nSPS) is 17.3. The Bertz CT molecular complexity index is 580. The maximum absolute atomic E-state index is 6.02. The van der Waals surface area contributed by atoms with E-state index in [0.29, 0.717) is 6.61 Å². The first-order valence-electron chi connectivity index (χ1n) is 6.48. The standard InChI is InChI=1S/C16H16ClNO/c17-13-4-1-11(2-5-13)10-19-14-6-7-15-12(9-14)3-8-16(15)18/h1-2,4-7,9,16H,3,8,10,18H2/t16-/m0/s1. The molecule has 0 aliphatic heterocycles. The Hall–Kier alpha value is -1.51. The van der Waals surface area contributed by atoms with Gasteiger partial charge in [0.2, 0.25) is 0 Å². The molecule has 0 saturated carbocycles. The molecule has 98 valence electrons. The van der Waals surface area contributed by atoms with Gasteiger partial charge in [-0.1, -0.05) is 29.8 Å². The van der Waals surface area contributed by atoms with Crippen LogP contribution in [-0.2, 0) is 13.0 Å². The minimum Gasteiger partial charge on any atom is -0.489 e. The summed E-state index contributed by atoms with van der Waals surface area (Å²) in [5, 5.41) is 0.746. The van der Waals surface area contributed by atoms with Gasteiger partial charge in [0.1, 0.15) is 12.4 Å². The average molecular weight is 274 g/mol. The van der Waals surface area contributed by atoms with E-state index >= 15 is 0 Å². The SMILES string of the molecule is N[C@H]1CCc2cc(OCc3ccc(Cl)cc3)ccc21. The van der Waals surface area contributed by atoms with Crippen molar-refractivity contribution in [1.29, 1.82) is 0 Å². The van der Waals surface area contributed by atoms with Crippen molar-refractivity contribution >= 4 is 11.6 Å². The number of halogens is 1.